The third-order valence-electron chi connectivity index (χ3n) is 3.79. The van der Waals surface area contributed by atoms with Crippen LogP contribution >= 0.6 is 0 Å². The molecule has 1 aromatic rings. The highest BCUT2D eigenvalue weighted by atomic mass is 19.4. The Bertz CT molecular complexity index is 426. The van der Waals surface area contributed by atoms with Crippen LogP contribution in [-0.4, -0.2) is 55.4 Å². The van der Waals surface area contributed by atoms with Crippen molar-refractivity contribution in [1.82, 2.24) is 9.80 Å². The van der Waals surface area contributed by atoms with Crippen LogP contribution in [0.25, 0.3) is 0 Å². The first-order valence-corrected chi connectivity index (χ1v) is 7.25. The Morgan fingerprint density at radius 1 is 1.00 bits per heavy atom. The van der Waals surface area contributed by atoms with Gasteiger partial charge in [0.15, 0.2) is 0 Å². The van der Waals surface area contributed by atoms with Gasteiger partial charge in [0, 0.05) is 32.7 Å². The van der Waals surface area contributed by atoms with E-state index in [1.165, 1.54) is 12.1 Å². The highest BCUT2D eigenvalue weighted by molar-refractivity contribution is 5.27. The average Bonchev–Trinajstić information content (AvgIpc) is 2.45. The first-order chi connectivity index (χ1) is 9.96. The van der Waals surface area contributed by atoms with Crippen LogP contribution in [0.15, 0.2) is 24.3 Å². The summed E-state index contributed by atoms with van der Waals surface area (Å²) in [5, 5.41) is 0. The fourth-order valence-corrected chi connectivity index (χ4v) is 2.47. The molecule has 1 aromatic carbocycles. The van der Waals surface area contributed by atoms with Gasteiger partial charge in [-0.25, -0.2) is 0 Å². The maximum Gasteiger partial charge on any atom is 0.573 e. The van der Waals surface area contributed by atoms with Crippen molar-refractivity contribution in [3.05, 3.63) is 29.8 Å². The molecule has 0 saturated carbocycles. The van der Waals surface area contributed by atoms with E-state index in [4.69, 9.17) is 0 Å². The number of alkyl halides is 3. The van der Waals surface area contributed by atoms with Crippen molar-refractivity contribution in [3.8, 4) is 5.75 Å². The van der Waals surface area contributed by atoms with E-state index in [0.29, 0.717) is 0 Å². The zero-order valence-corrected chi connectivity index (χ0v) is 12.2. The average molecular weight is 302 g/mol. The topological polar surface area (TPSA) is 15.7 Å². The second-order valence-electron chi connectivity index (χ2n) is 5.22. The molecule has 1 saturated heterocycles. The van der Waals surface area contributed by atoms with E-state index in [1.807, 2.05) is 0 Å². The number of benzene rings is 1. The Kier molecular flexibility index (Phi) is 5.47. The Morgan fingerprint density at radius 3 is 2.10 bits per heavy atom. The summed E-state index contributed by atoms with van der Waals surface area (Å²) in [5.74, 6) is -0.164. The quantitative estimate of drug-likeness (QED) is 0.832. The molecule has 2 rings (SSSR count). The summed E-state index contributed by atoms with van der Waals surface area (Å²) < 4.78 is 40.0. The third-order valence-corrected chi connectivity index (χ3v) is 3.79. The molecular weight excluding hydrogens is 281 g/mol. The number of halogens is 3. The molecule has 1 aliphatic rings. The van der Waals surface area contributed by atoms with E-state index >= 15 is 0 Å². The smallest absolute Gasteiger partial charge is 0.406 e. The highest BCUT2D eigenvalue weighted by Crippen LogP contribution is 2.22. The van der Waals surface area contributed by atoms with Crippen molar-refractivity contribution in [1.29, 1.82) is 0 Å². The van der Waals surface area contributed by atoms with Gasteiger partial charge in [-0.1, -0.05) is 19.1 Å². The van der Waals surface area contributed by atoms with E-state index < -0.39 is 6.36 Å². The maximum atomic E-state index is 12.1. The van der Waals surface area contributed by atoms with Gasteiger partial charge in [-0.3, -0.25) is 0 Å². The molecule has 0 radical (unpaired) electrons. The number of likely N-dealkylation sites (N-methyl/N-ethyl adjacent to an activating group) is 1. The van der Waals surface area contributed by atoms with Crippen LogP contribution in [0.4, 0.5) is 13.2 Å². The van der Waals surface area contributed by atoms with Gasteiger partial charge in [0.1, 0.15) is 5.75 Å². The summed E-state index contributed by atoms with van der Waals surface area (Å²) in [6, 6.07) is 6.14. The number of ether oxygens (including phenoxy) is 1. The van der Waals surface area contributed by atoms with Crippen molar-refractivity contribution in [2.24, 2.45) is 0 Å². The standard InChI is InChI=1S/C15H21F3N2O/c1-2-19-9-11-20(12-10-19)8-7-13-3-5-14(6-4-13)21-15(16,17)18/h3-6H,2,7-12H2,1H3. The Morgan fingerprint density at radius 2 is 1.57 bits per heavy atom. The van der Waals surface area contributed by atoms with Gasteiger partial charge >= 0.3 is 6.36 Å². The van der Waals surface area contributed by atoms with E-state index in [-0.39, 0.29) is 5.75 Å². The summed E-state index contributed by atoms with van der Waals surface area (Å²) in [7, 11) is 0. The molecule has 0 aromatic heterocycles. The molecule has 0 amide bonds. The number of piperazine rings is 1. The molecule has 0 N–H and O–H groups in total. The van der Waals surface area contributed by atoms with Crippen LogP contribution in [0.3, 0.4) is 0 Å². The second kappa shape index (κ2) is 7.13. The van der Waals surface area contributed by atoms with Crippen LogP contribution in [0, 0.1) is 0 Å². The van der Waals surface area contributed by atoms with Crippen LogP contribution in [0.1, 0.15) is 12.5 Å². The minimum atomic E-state index is -4.62. The summed E-state index contributed by atoms with van der Waals surface area (Å²) in [4.78, 5) is 4.81. The number of hydrogen-bond acceptors (Lipinski definition) is 3. The molecule has 1 heterocycles. The Hall–Kier alpha value is -1.27. The maximum absolute atomic E-state index is 12.1. The van der Waals surface area contributed by atoms with Crippen LogP contribution in [-0.2, 0) is 6.42 Å². The molecule has 1 aliphatic heterocycles. The third kappa shape index (κ3) is 5.55. The molecule has 118 valence electrons. The molecular formula is C15H21F3N2O. The van der Waals surface area contributed by atoms with E-state index in [0.717, 1.165) is 51.3 Å². The highest BCUT2D eigenvalue weighted by Gasteiger charge is 2.30. The van der Waals surface area contributed by atoms with E-state index in [2.05, 4.69) is 21.5 Å². The van der Waals surface area contributed by atoms with Gasteiger partial charge in [-0.05, 0) is 30.7 Å². The predicted octanol–water partition coefficient (Wildman–Crippen LogP) is 2.77. The summed E-state index contributed by atoms with van der Waals surface area (Å²) in [6.07, 6.45) is -3.78. The molecule has 0 bridgehead atoms. The first kappa shape index (κ1) is 16.1. The van der Waals surface area contributed by atoms with Gasteiger partial charge in [0.05, 0.1) is 0 Å². The molecule has 3 nitrogen and oxygen atoms in total. The van der Waals surface area contributed by atoms with Crippen molar-refractivity contribution >= 4 is 0 Å². The largest absolute Gasteiger partial charge is 0.573 e. The molecule has 6 heteroatoms. The number of nitrogens with zero attached hydrogens (tertiary/aromatic N) is 2. The van der Waals surface area contributed by atoms with Gasteiger partial charge < -0.3 is 14.5 Å². The molecule has 0 unspecified atom stereocenters. The lowest BCUT2D eigenvalue weighted by Gasteiger charge is -2.34. The lowest BCUT2D eigenvalue weighted by Crippen LogP contribution is -2.46. The minimum absolute atomic E-state index is 0.164. The van der Waals surface area contributed by atoms with E-state index in [9.17, 15) is 13.2 Å². The van der Waals surface area contributed by atoms with Crippen LogP contribution in [0.5, 0.6) is 5.75 Å². The van der Waals surface area contributed by atoms with Crippen molar-refractivity contribution in [2.75, 3.05) is 39.3 Å². The molecule has 0 spiro atoms. The fourth-order valence-electron chi connectivity index (χ4n) is 2.47. The molecule has 0 aliphatic carbocycles. The second-order valence-corrected chi connectivity index (χ2v) is 5.22. The lowest BCUT2D eigenvalue weighted by atomic mass is 10.1. The Labute approximate surface area is 123 Å². The van der Waals surface area contributed by atoms with Gasteiger partial charge in [0.2, 0.25) is 0 Å². The number of rotatable bonds is 5. The van der Waals surface area contributed by atoms with Gasteiger partial charge in [0.25, 0.3) is 0 Å². The van der Waals surface area contributed by atoms with Crippen LogP contribution in [0.2, 0.25) is 0 Å². The molecule has 1 fully saturated rings. The first-order valence-electron chi connectivity index (χ1n) is 7.25. The van der Waals surface area contributed by atoms with Gasteiger partial charge in [-0.2, -0.15) is 0 Å². The molecule has 0 atom stereocenters. The summed E-state index contributed by atoms with van der Waals surface area (Å²) in [6.45, 7) is 8.50. The zero-order chi connectivity index (χ0) is 15.3. The fraction of sp³-hybridized carbons (Fsp3) is 0.600. The summed E-state index contributed by atoms with van der Waals surface area (Å²) >= 11 is 0. The summed E-state index contributed by atoms with van der Waals surface area (Å²) in [5.41, 5.74) is 1.03. The van der Waals surface area contributed by atoms with Gasteiger partial charge in [-0.15, -0.1) is 13.2 Å². The normalized spacial score (nSPS) is 17.9. The Balaban J connectivity index is 1.76. The predicted molar refractivity (Wildman–Crippen MR) is 75.4 cm³/mol. The minimum Gasteiger partial charge on any atom is -0.406 e. The van der Waals surface area contributed by atoms with Crippen LogP contribution < -0.4 is 4.74 Å². The van der Waals surface area contributed by atoms with Crippen molar-refractivity contribution < 1.29 is 17.9 Å². The number of hydrogen-bond donors (Lipinski definition) is 0. The van der Waals surface area contributed by atoms with Crippen molar-refractivity contribution in [3.63, 3.8) is 0 Å². The van der Waals surface area contributed by atoms with Crippen molar-refractivity contribution in [2.45, 2.75) is 19.7 Å². The van der Waals surface area contributed by atoms with E-state index in [1.54, 1.807) is 12.1 Å². The monoisotopic (exact) mass is 302 g/mol. The zero-order valence-electron chi connectivity index (χ0n) is 12.2. The SMILES string of the molecule is CCN1CCN(CCc2ccc(OC(F)(F)F)cc2)CC1. The molecule has 21 heavy (non-hydrogen) atoms. The lowest BCUT2D eigenvalue weighted by molar-refractivity contribution is -0.274.